The van der Waals surface area contributed by atoms with E-state index in [-0.39, 0.29) is 25.7 Å². The Labute approximate surface area is 600 Å². The largest absolute Gasteiger partial charge is 0.472 e. The lowest BCUT2D eigenvalue weighted by Gasteiger charge is -2.21. The highest BCUT2D eigenvalue weighted by Gasteiger charge is 2.30. The van der Waals surface area contributed by atoms with Gasteiger partial charge in [-0.05, 0) is 43.4 Å². The molecule has 0 aliphatic heterocycles. The second-order valence-corrected chi connectivity index (χ2v) is 32.1. The van der Waals surface area contributed by atoms with Crippen LogP contribution < -0.4 is 0 Å². The van der Waals surface area contributed by atoms with Crippen molar-refractivity contribution in [3.05, 3.63) is 0 Å². The first-order valence-electron chi connectivity index (χ1n) is 41.0. The van der Waals surface area contributed by atoms with Gasteiger partial charge in [-0.3, -0.25) is 37.3 Å². The van der Waals surface area contributed by atoms with Crippen LogP contribution in [0.2, 0.25) is 0 Å². The third-order valence-electron chi connectivity index (χ3n) is 19.5. The zero-order valence-electron chi connectivity index (χ0n) is 64.3. The van der Waals surface area contributed by atoms with Crippen molar-refractivity contribution in [3.8, 4) is 0 Å². The highest BCUT2D eigenvalue weighted by Crippen LogP contribution is 2.45. The molecule has 19 heteroatoms. The van der Waals surface area contributed by atoms with Gasteiger partial charge < -0.3 is 33.8 Å². The number of aliphatic hydroxyl groups is 1. The fourth-order valence-electron chi connectivity index (χ4n) is 12.0. The summed E-state index contributed by atoms with van der Waals surface area (Å²) in [5.41, 5.74) is 0. The lowest BCUT2D eigenvalue weighted by Crippen LogP contribution is -2.30. The monoisotopic (exact) mass is 1440 g/mol. The molecule has 8 atom stereocenters. The van der Waals surface area contributed by atoms with Crippen molar-refractivity contribution in [1.29, 1.82) is 0 Å². The van der Waals surface area contributed by atoms with Gasteiger partial charge in [-0.2, -0.15) is 0 Å². The number of esters is 4. The van der Waals surface area contributed by atoms with Crippen molar-refractivity contribution >= 4 is 39.5 Å². The second-order valence-electron chi connectivity index (χ2n) is 29.2. The molecule has 17 nitrogen and oxygen atoms in total. The molecule has 98 heavy (non-hydrogen) atoms. The summed E-state index contributed by atoms with van der Waals surface area (Å²) in [5.74, 6) is 0.230. The zero-order chi connectivity index (χ0) is 72.3. The maximum atomic E-state index is 13.1. The van der Waals surface area contributed by atoms with E-state index in [4.69, 9.17) is 37.0 Å². The van der Waals surface area contributed by atoms with Crippen molar-refractivity contribution in [2.45, 2.75) is 426 Å². The number of phosphoric acid groups is 2. The number of carbonyl (C=O) groups excluding carboxylic acids is 4. The molecule has 0 fully saturated rings. The van der Waals surface area contributed by atoms with Crippen LogP contribution in [0.5, 0.6) is 0 Å². The van der Waals surface area contributed by atoms with Gasteiger partial charge in [0.25, 0.3) is 0 Å². The standard InChI is InChI=1S/C79H154O17P2/c1-8-12-13-14-15-16-17-18-19-20-21-22-26-29-32-38-46-53-60-76(81)89-66-74(95-78(83)62-55-48-39-33-30-27-24-23-25-28-31-36-43-50-57-70(5)9-2)68-93-97(85,86)91-64-73(80)65-92-98(87,88)94-69-75(67-90-77(82)61-54-47-42-41-45-52-59-72(7)11-4)96-79(84)63-56-49-40-35-34-37-44-51-58-71(6)10-3/h70-75,80H,8-69H2,1-7H3,(H,85,86)(H,87,88)/t70?,71?,72?,73-,74-,75-/m1/s1. The number of carbonyl (C=O) groups is 4. The van der Waals surface area contributed by atoms with Crippen LogP contribution in [0.3, 0.4) is 0 Å². The van der Waals surface area contributed by atoms with Crippen molar-refractivity contribution in [2.24, 2.45) is 17.8 Å². The first-order valence-corrected chi connectivity index (χ1v) is 44.0. The van der Waals surface area contributed by atoms with E-state index < -0.39 is 97.5 Å². The molecule has 0 aromatic carbocycles. The average Bonchev–Trinajstić information content (AvgIpc) is 1.15. The molecule has 0 amide bonds. The van der Waals surface area contributed by atoms with Crippen molar-refractivity contribution in [3.63, 3.8) is 0 Å². The summed E-state index contributed by atoms with van der Waals surface area (Å²) in [7, 11) is -9.92. The third-order valence-corrected chi connectivity index (χ3v) is 21.4. The Morgan fingerprint density at radius 2 is 0.490 bits per heavy atom. The van der Waals surface area contributed by atoms with Gasteiger partial charge in [0.05, 0.1) is 26.4 Å². The number of hydrogen-bond donors (Lipinski definition) is 3. The summed E-state index contributed by atoms with van der Waals surface area (Å²) in [6.45, 7) is 11.9. The number of ether oxygens (including phenoxy) is 4. The van der Waals surface area contributed by atoms with Crippen molar-refractivity contribution < 1.29 is 80.2 Å². The van der Waals surface area contributed by atoms with Gasteiger partial charge in [-0.15, -0.1) is 0 Å². The van der Waals surface area contributed by atoms with Gasteiger partial charge >= 0.3 is 39.5 Å². The van der Waals surface area contributed by atoms with E-state index in [0.717, 1.165) is 114 Å². The van der Waals surface area contributed by atoms with Gasteiger partial charge in [0.1, 0.15) is 19.3 Å². The van der Waals surface area contributed by atoms with Crippen molar-refractivity contribution in [1.82, 2.24) is 0 Å². The van der Waals surface area contributed by atoms with Crippen LogP contribution in [0.4, 0.5) is 0 Å². The zero-order valence-corrected chi connectivity index (χ0v) is 66.0. The predicted octanol–water partition coefficient (Wildman–Crippen LogP) is 23.4. The molecule has 0 saturated carbocycles. The van der Waals surface area contributed by atoms with E-state index in [1.165, 1.54) is 212 Å². The van der Waals surface area contributed by atoms with Crippen molar-refractivity contribution in [2.75, 3.05) is 39.6 Å². The average molecular weight is 1440 g/mol. The predicted molar refractivity (Wildman–Crippen MR) is 400 cm³/mol. The quantitative estimate of drug-likeness (QED) is 0.0222. The number of hydrogen-bond acceptors (Lipinski definition) is 15. The Morgan fingerprint density at radius 1 is 0.286 bits per heavy atom. The molecule has 3 N–H and O–H groups in total. The fourth-order valence-corrected chi connectivity index (χ4v) is 13.6. The first kappa shape index (κ1) is 96.1. The molecule has 0 saturated heterocycles. The smallest absolute Gasteiger partial charge is 0.462 e. The normalized spacial score (nSPS) is 14.8. The minimum Gasteiger partial charge on any atom is -0.462 e. The summed E-state index contributed by atoms with van der Waals surface area (Å²) >= 11 is 0. The van der Waals surface area contributed by atoms with Crippen LogP contribution in [0.1, 0.15) is 408 Å². The number of aliphatic hydroxyl groups excluding tert-OH is 1. The molecule has 0 bridgehead atoms. The number of phosphoric ester groups is 2. The van der Waals surface area contributed by atoms with Crippen LogP contribution in [0, 0.1) is 17.8 Å². The molecular weight excluding hydrogens is 1280 g/mol. The molecule has 5 unspecified atom stereocenters. The molecule has 0 heterocycles. The lowest BCUT2D eigenvalue weighted by molar-refractivity contribution is -0.161. The molecular formula is C79H154O17P2. The van der Waals surface area contributed by atoms with Crippen LogP contribution in [-0.2, 0) is 65.4 Å². The summed E-state index contributed by atoms with van der Waals surface area (Å²) in [4.78, 5) is 72.9. The SMILES string of the molecule is CCCCCCCCCCCCCCCCCCCCC(=O)OC[C@H](COP(=O)(O)OC[C@@H](O)COP(=O)(O)OC[C@@H](COC(=O)CCCCCCCCC(C)CC)OC(=O)CCCCCCCCCCC(C)CC)OC(=O)CCCCCCCCCCCCCCCCC(C)CC. The maximum Gasteiger partial charge on any atom is 0.472 e. The van der Waals surface area contributed by atoms with Gasteiger partial charge in [0, 0.05) is 25.7 Å². The second kappa shape index (κ2) is 69.4. The van der Waals surface area contributed by atoms with E-state index in [1.807, 2.05) is 0 Å². The Balaban J connectivity index is 5.24. The fraction of sp³-hybridized carbons (Fsp3) is 0.949. The molecule has 0 radical (unpaired) electrons. The van der Waals surface area contributed by atoms with E-state index in [0.29, 0.717) is 25.7 Å². The third kappa shape index (κ3) is 68.5. The van der Waals surface area contributed by atoms with Crippen LogP contribution in [0.25, 0.3) is 0 Å². The van der Waals surface area contributed by atoms with Gasteiger partial charge in [0.2, 0.25) is 0 Å². The summed E-state index contributed by atoms with van der Waals surface area (Å²) in [6, 6.07) is 0. The summed E-state index contributed by atoms with van der Waals surface area (Å²) < 4.78 is 68.6. The first-order chi connectivity index (χ1) is 47.3. The van der Waals surface area contributed by atoms with Gasteiger partial charge in [0.15, 0.2) is 12.2 Å². The Bertz CT molecular complexity index is 1910. The minimum absolute atomic E-state index is 0.104. The van der Waals surface area contributed by atoms with Gasteiger partial charge in [-0.1, -0.05) is 357 Å². The van der Waals surface area contributed by atoms with E-state index in [1.54, 1.807) is 0 Å². The van der Waals surface area contributed by atoms with E-state index >= 15 is 0 Å². The maximum absolute atomic E-state index is 13.1. The molecule has 0 rings (SSSR count). The van der Waals surface area contributed by atoms with Crippen LogP contribution in [0.15, 0.2) is 0 Å². The molecule has 0 aliphatic carbocycles. The number of rotatable bonds is 77. The molecule has 0 aromatic heterocycles. The van der Waals surface area contributed by atoms with Crippen LogP contribution in [-0.4, -0.2) is 96.7 Å². The highest BCUT2D eigenvalue weighted by atomic mass is 31.2. The Morgan fingerprint density at radius 3 is 0.724 bits per heavy atom. The molecule has 0 aromatic rings. The lowest BCUT2D eigenvalue weighted by atomic mass is 9.99. The molecule has 582 valence electrons. The topological polar surface area (TPSA) is 237 Å². The molecule has 0 spiro atoms. The summed E-state index contributed by atoms with van der Waals surface area (Å²) in [5, 5.41) is 10.6. The van der Waals surface area contributed by atoms with E-state index in [9.17, 15) is 43.2 Å². The minimum atomic E-state index is -4.96. The van der Waals surface area contributed by atoms with E-state index in [2.05, 4.69) is 48.5 Å². The Hall–Kier alpha value is -1.94. The highest BCUT2D eigenvalue weighted by molar-refractivity contribution is 7.47. The summed E-state index contributed by atoms with van der Waals surface area (Å²) in [6.07, 6.45) is 56.8. The number of unbranched alkanes of at least 4 members (excludes halogenated alkanes) is 42. The molecule has 0 aliphatic rings. The van der Waals surface area contributed by atoms with Crippen LogP contribution >= 0.6 is 15.6 Å². The Kier molecular flexibility index (Phi) is 68.1. The van der Waals surface area contributed by atoms with Gasteiger partial charge in [-0.25, -0.2) is 9.13 Å².